The Labute approximate surface area is 140 Å². The fourth-order valence-corrected chi connectivity index (χ4v) is 4.35. The standard InChI is InChI=1S/C16H26N2O2S.ClH/c1-12(2)13-7-5-8-15(10-13)21(19,20)18-16-9-4-3-6-14(16)11-17;/h5,7-8,10,12,14,16,18H,3-4,6,9,11,17H2,1-2H3;1H. The van der Waals surface area contributed by atoms with E-state index in [1.165, 1.54) is 0 Å². The van der Waals surface area contributed by atoms with Gasteiger partial charge in [0.2, 0.25) is 10.0 Å². The van der Waals surface area contributed by atoms with Crippen LogP contribution in [0, 0.1) is 5.92 Å². The monoisotopic (exact) mass is 346 g/mol. The van der Waals surface area contributed by atoms with Crippen molar-refractivity contribution in [1.82, 2.24) is 4.72 Å². The number of hydrogen-bond acceptors (Lipinski definition) is 3. The van der Waals surface area contributed by atoms with E-state index in [0.717, 1.165) is 31.2 Å². The Morgan fingerprint density at radius 2 is 1.95 bits per heavy atom. The van der Waals surface area contributed by atoms with Crippen molar-refractivity contribution < 1.29 is 8.42 Å². The van der Waals surface area contributed by atoms with Crippen LogP contribution in [0.3, 0.4) is 0 Å². The molecule has 6 heteroatoms. The second kappa shape index (κ2) is 8.29. The lowest BCUT2D eigenvalue weighted by molar-refractivity contribution is 0.296. The SMILES string of the molecule is CC(C)c1cccc(S(=O)(=O)NC2CCCCC2CN)c1.Cl. The van der Waals surface area contributed by atoms with Crippen LogP contribution in [0.25, 0.3) is 0 Å². The maximum Gasteiger partial charge on any atom is 0.240 e. The summed E-state index contributed by atoms with van der Waals surface area (Å²) in [5.74, 6) is 0.563. The lowest BCUT2D eigenvalue weighted by Crippen LogP contribution is -2.44. The van der Waals surface area contributed by atoms with Crippen LogP contribution in [0.2, 0.25) is 0 Å². The van der Waals surface area contributed by atoms with Crippen LogP contribution in [0.5, 0.6) is 0 Å². The van der Waals surface area contributed by atoms with Crippen molar-refractivity contribution in [2.75, 3.05) is 6.54 Å². The summed E-state index contributed by atoms with van der Waals surface area (Å²) in [6, 6.07) is 7.18. The van der Waals surface area contributed by atoms with E-state index in [2.05, 4.69) is 18.6 Å². The molecule has 22 heavy (non-hydrogen) atoms. The van der Waals surface area contributed by atoms with Gasteiger partial charge in [-0.25, -0.2) is 13.1 Å². The van der Waals surface area contributed by atoms with Crippen molar-refractivity contribution in [3.05, 3.63) is 29.8 Å². The highest BCUT2D eigenvalue weighted by molar-refractivity contribution is 7.89. The molecule has 1 aliphatic rings. The van der Waals surface area contributed by atoms with E-state index in [1.54, 1.807) is 12.1 Å². The molecule has 3 N–H and O–H groups in total. The molecule has 1 fully saturated rings. The van der Waals surface area contributed by atoms with E-state index >= 15 is 0 Å². The van der Waals surface area contributed by atoms with Crippen molar-refractivity contribution in [3.8, 4) is 0 Å². The molecule has 0 saturated heterocycles. The van der Waals surface area contributed by atoms with Gasteiger partial charge in [0.1, 0.15) is 0 Å². The van der Waals surface area contributed by atoms with Gasteiger partial charge in [0, 0.05) is 6.04 Å². The minimum absolute atomic E-state index is 0. The summed E-state index contributed by atoms with van der Waals surface area (Å²) >= 11 is 0. The fourth-order valence-electron chi connectivity index (χ4n) is 2.95. The third-order valence-electron chi connectivity index (χ3n) is 4.35. The highest BCUT2D eigenvalue weighted by Crippen LogP contribution is 2.26. The van der Waals surface area contributed by atoms with Gasteiger partial charge in [-0.3, -0.25) is 0 Å². The zero-order valence-corrected chi connectivity index (χ0v) is 14.9. The van der Waals surface area contributed by atoms with Crippen LogP contribution in [-0.4, -0.2) is 21.0 Å². The summed E-state index contributed by atoms with van der Waals surface area (Å²) in [5.41, 5.74) is 6.82. The van der Waals surface area contributed by atoms with Gasteiger partial charge in [0.05, 0.1) is 4.90 Å². The molecule has 1 aliphatic carbocycles. The van der Waals surface area contributed by atoms with E-state index in [0.29, 0.717) is 17.4 Å². The molecule has 1 aromatic rings. The maximum absolute atomic E-state index is 12.6. The number of nitrogens with one attached hydrogen (secondary N) is 1. The lowest BCUT2D eigenvalue weighted by atomic mass is 9.85. The molecule has 0 amide bonds. The van der Waals surface area contributed by atoms with Gasteiger partial charge in [-0.1, -0.05) is 38.8 Å². The second-order valence-corrected chi connectivity index (χ2v) is 7.95. The lowest BCUT2D eigenvalue weighted by Gasteiger charge is -2.31. The van der Waals surface area contributed by atoms with Crippen LogP contribution in [-0.2, 0) is 10.0 Å². The minimum Gasteiger partial charge on any atom is -0.330 e. The van der Waals surface area contributed by atoms with Gasteiger partial charge in [0.25, 0.3) is 0 Å². The summed E-state index contributed by atoms with van der Waals surface area (Å²) in [4.78, 5) is 0.357. The third-order valence-corrected chi connectivity index (χ3v) is 5.84. The highest BCUT2D eigenvalue weighted by Gasteiger charge is 2.28. The quantitative estimate of drug-likeness (QED) is 0.860. The van der Waals surface area contributed by atoms with E-state index < -0.39 is 10.0 Å². The van der Waals surface area contributed by atoms with Gasteiger partial charge in [-0.2, -0.15) is 0 Å². The summed E-state index contributed by atoms with van der Waals surface area (Å²) in [6.07, 6.45) is 4.10. The van der Waals surface area contributed by atoms with Gasteiger partial charge in [-0.15, -0.1) is 12.4 Å². The summed E-state index contributed by atoms with van der Waals surface area (Å²) in [6.45, 7) is 4.66. The predicted octanol–water partition coefficient (Wildman–Crippen LogP) is 3.03. The summed E-state index contributed by atoms with van der Waals surface area (Å²) in [5, 5.41) is 0. The number of hydrogen-bond donors (Lipinski definition) is 2. The van der Waals surface area contributed by atoms with E-state index in [1.807, 2.05) is 12.1 Å². The molecule has 1 saturated carbocycles. The molecule has 0 spiro atoms. The Kier molecular flexibility index (Phi) is 7.32. The van der Waals surface area contributed by atoms with Crippen LogP contribution in [0.1, 0.15) is 51.0 Å². The molecular weight excluding hydrogens is 320 g/mol. The smallest absolute Gasteiger partial charge is 0.240 e. The zero-order chi connectivity index (χ0) is 15.5. The van der Waals surface area contributed by atoms with Gasteiger partial charge < -0.3 is 5.73 Å². The first-order valence-corrected chi connectivity index (χ1v) is 9.24. The molecule has 2 rings (SSSR count). The van der Waals surface area contributed by atoms with E-state index in [9.17, 15) is 8.42 Å². The predicted molar refractivity (Wildman–Crippen MR) is 92.9 cm³/mol. The Balaban J connectivity index is 0.00000242. The summed E-state index contributed by atoms with van der Waals surface area (Å²) in [7, 11) is -3.46. The first kappa shape index (κ1) is 19.4. The third kappa shape index (κ3) is 4.69. The molecule has 0 aromatic heterocycles. The first-order valence-electron chi connectivity index (χ1n) is 7.76. The van der Waals surface area contributed by atoms with Gasteiger partial charge >= 0.3 is 0 Å². The van der Waals surface area contributed by atoms with Crippen molar-refractivity contribution >= 4 is 22.4 Å². The van der Waals surface area contributed by atoms with Gasteiger partial charge in [-0.05, 0) is 48.9 Å². The van der Waals surface area contributed by atoms with Gasteiger partial charge in [0.15, 0.2) is 0 Å². The maximum atomic E-state index is 12.6. The second-order valence-electron chi connectivity index (χ2n) is 6.24. The van der Waals surface area contributed by atoms with Crippen LogP contribution < -0.4 is 10.5 Å². The fraction of sp³-hybridized carbons (Fsp3) is 0.625. The Bertz CT molecular complexity index is 575. The zero-order valence-electron chi connectivity index (χ0n) is 13.3. The van der Waals surface area contributed by atoms with Crippen LogP contribution in [0.4, 0.5) is 0 Å². The van der Waals surface area contributed by atoms with Crippen molar-refractivity contribution in [2.45, 2.75) is 56.4 Å². The Morgan fingerprint density at radius 3 is 2.59 bits per heavy atom. The summed E-state index contributed by atoms with van der Waals surface area (Å²) < 4.78 is 28.0. The first-order chi connectivity index (χ1) is 9.94. The number of nitrogens with two attached hydrogens (primary N) is 1. The molecule has 0 aliphatic heterocycles. The van der Waals surface area contributed by atoms with Crippen molar-refractivity contribution in [2.24, 2.45) is 11.7 Å². The van der Waals surface area contributed by atoms with E-state index in [4.69, 9.17) is 5.73 Å². The molecule has 0 heterocycles. The Morgan fingerprint density at radius 1 is 1.27 bits per heavy atom. The molecule has 2 atom stereocenters. The molecule has 0 bridgehead atoms. The highest BCUT2D eigenvalue weighted by atomic mass is 35.5. The van der Waals surface area contributed by atoms with Crippen LogP contribution >= 0.6 is 12.4 Å². The molecule has 4 nitrogen and oxygen atoms in total. The number of halogens is 1. The van der Waals surface area contributed by atoms with Crippen LogP contribution in [0.15, 0.2) is 29.2 Å². The Hall–Kier alpha value is -0.620. The normalized spacial score (nSPS) is 22.4. The largest absolute Gasteiger partial charge is 0.330 e. The molecule has 1 aromatic carbocycles. The number of sulfonamides is 1. The molecule has 126 valence electrons. The molecular formula is C16H27ClN2O2S. The van der Waals surface area contributed by atoms with Crippen molar-refractivity contribution in [1.29, 1.82) is 0 Å². The molecule has 0 radical (unpaired) electrons. The number of benzene rings is 1. The molecule has 2 unspecified atom stereocenters. The van der Waals surface area contributed by atoms with E-state index in [-0.39, 0.29) is 24.4 Å². The number of rotatable bonds is 5. The van der Waals surface area contributed by atoms with Crippen molar-refractivity contribution in [3.63, 3.8) is 0 Å². The average molecular weight is 347 g/mol. The minimum atomic E-state index is -3.46. The topological polar surface area (TPSA) is 72.2 Å². The average Bonchev–Trinajstić information content (AvgIpc) is 2.47.